The maximum absolute atomic E-state index is 11.9. The first-order chi connectivity index (χ1) is 11.1. The first-order valence-electron chi connectivity index (χ1n) is 8.29. The molecule has 5 heteroatoms. The Morgan fingerprint density at radius 2 is 1.83 bits per heavy atom. The van der Waals surface area contributed by atoms with Gasteiger partial charge in [0.15, 0.2) is 0 Å². The van der Waals surface area contributed by atoms with Gasteiger partial charge in [0, 0.05) is 48.7 Å². The summed E-state index contributed by atoms with van der Waals surface area (Å²) in [5, 5.41) is 6.74. The van der Waals surface area contributed by atoms with Gasteiger partial charge in [-0.25, -0.2) is 0 Å². The molecule has 0 spiro atoms. The topological polar surface area (TPSA) is 63.1 Å². The van der Waals surface area contributed by atoms with E-state index in [1.165, 1.54) is 5.52 Å². The van der Waals surface area contributed by atoms with Gasteiger partial charge in [-0.3, -0.25) is 9.59 Å². The minimum atomic E-state index is -0.135. The largest absolute Gasteiger partial charge is 0.356 e. The summed E-state index contributed by atoms with van der Waals surface area (Å²) in [4.78, 5) is 23.4. The number of aromatic nitrogens is 1. The third kappa shape index (κ3) is 4.84. The van der Waals surface area contributed by atoms with E-state index < -0.39 is 0 Å². The third-order valence-corrected chi connectivity index (χ3v) is 3.67. The Balaban J connectivity index is 1.91. The van der Waals surface area contributed by atoms with Gasteiger partial charge in [-0.05, 0) is 37.1 Å². The standard InChI is InChI=1S/C18H25N3O2/c1-3-10-19-17(22)7-8-18(23)20-15-5-6-16-14(13-15)9-12-21(16)11-4-2/h5-6,9,12-13H,3-4,7-8,10-11H2,1-2H3,(H,19,22)(H,20,23). The molecule has 0 bridgehead atoms. The van der Waals surface area contributed by atoms with Gasteiger partial charge in [0.2, 0.25) is 11.8 Å². The van der Waals surface area contributed by atoms with Crippen LogP contribution in [0.3, 0.4) is 0 Å². The van der Waals surface area contributed by atoms with Gasteiger partial charge in [0.1, 0.15) is 0 Å². The Morgan fingerprint density at radius 1 is 1.04 bits per heavy atom. The van der Waals surface area contributed by atoms with Gasteiger partial charge >= 0.3 is 0 Å². The molecule has 0 saturated carbocycles. The summed E-state index contributed by atoms with van der Waals surface area (Å²) in [6.45, 7) is 5.79. The number of amides is 2. The van der Waals surface area contributed by atoms with Crippen LogP contribution in [0.25, 0.3) is 10.9 Å². The summed E-state index contributed by atoms with van der Waals surface area (Å²) in [5.74, 6) is -0.210. The number of hydrogen-bond acceptors (Lipinski definition) is 2. The number of fused-ring (bicyclic) bond motifs is 1. The van der Waals surface area contributed by atoms with Gasteiger partial charge in [-0.15, -0.1) is 0 Å². The number of anilines is 1. The zero-order valence-corrected chi connectivity index (χ0v) is 13.9. The van der Waals surface area contributed by atoms with Crippen LogP contribution in [0.15, 0.2) is 30.5 Å². The van der Waals surface area contributed by atoms with Crippen LogP contribution in [0, 0.1) is 0 Å². The van der Waals surface area contributed by atoms with E-state index in [-0.39, 0.29) is 24.7 Å². The van der Waals surface area contributed by atoms with Crippen LogP contribution in [-0.4, -0.2) is 22.9 Å². The summed E-state index contributed by atoms with van der Waals surface area (Å²) in [6.07, 6.45) is 4.47. The molecule has 5 nitrogen and oxygen atoms in total. The second-order valence-corrected chi connectivity index (χ2v) is 5.68. The Labute approximate surface area is 137 Å². The predicted molar refractivity (Wildman–Crippen MR) is 93.4 cm³/mol. The highest BCUT2D eigenvalue weighted by atomic mass is 16.2. The summed E-state index contributed by atoms with van der Waals surface area (Å²) in [5.41, 5.74) is 1.94. The van der Waals surface area contributed by atoms with Crippen LogP contribution in [0.4, 0.5) is 5.69 Å². The molecule has 2 aromatic rings. The number of carbonyl (C=O) groups is 2. The minimum absolute atomic E-state index is 0.0749. The number of aryl methyl sites for hydroxylation is 1. The summed E-state index contributed by atoms with van der Waals surface area (Å²) in [7, 11) is 0. The Hall–Kier alpha value is -2.30. The van der Waals surface area contributed by atoms with Crippen molar-refractivity contribution in [1.82, 2.24) is 9.88 Å². The highest BCUT2D eigenvalue weighted by molar-refractivity contribution is 5.95. The first-order valence-corrected chi connectivity index (χ1v) is 8.29. The fourth-order valence-electron chi connectivity index (χ4n) is 2.52. The van der Waals surface area contributed by atoms with Crippen molar-refractivity contribution in [1.29, 1.82) is 0 Å². The maximum atomic E-state index is 11.9. The smallest absolute Gasteiger partial charge is 0.224 e. The number of nitrogens with one attached hydrogen (secondary N) is 2. The molecule has 2 N–H and O–H groups in total. The zero-order chi connectivity index (χ0) is 16.7. The molecule has 0 atom stereocenters. The van der Waals surface area contributed by atoms with Crippen LogP contribution >= 0.6 is 0 Å². The van der Waals surface area contributed by atoms with E-state index in [0.29, 0.717) is 6.54 Å². The quantitative estimate of drug-likeness (QED) is 0.785. The molecule has 0 fully saturated rings. The molecule has 1 heterocycles. The van der Waals surface area contributed by atoms with E-state index in [4.69, 9.17) is 0 Å². The van der Waals surface area contributed by atoms with Crippen molar-refractivity contribution < 1.29 is 9.59 Å². The molecule has 124 valence electrons. The highest BCUT2D eigenvalue weighted by Crippen LogP contribution is 2.21. The van der Waals surface area contributed by atoms with Crippen LogP contribution in [-0.2, 0) is 16.1 Å². The van der Waals surface area contributed by atoms with Gasteiger partial charge in [0.05, 0.1) is 0 Å². The number of hydrogen-bond donors (Lipinski definition) is 2. The normalized spacial score (nSPS) is 10.7. The molecule has 2 amide bonds. The maximum Gasteiger partial charge on any atom is 0.224 e. The fraction of sp³-hybridized carbons (Fsp3) is 0.444. The average Bonchev–Trinajstić information content (AvgIpc) is 2.93. The number of rotatable bonds is 8. The molecule has 1 aromatic carbocycles. The molecular weight excluding hydrogens is 290 g/mol. The van der Waals surface area contributed by atoms with Gasteiger partial charge in [-0.2, -0.15) is 0 Å². The van der Waals surface area contributed by atoms with Crippen LogP contribution in [0.2, 0.25) is 0 Å². The van der Waals surface area contributed by atoms with Crippen molar-refractivity contribution in [2.45, 2.75) is 46.1 Å². The van der Waals surface area contributed by atoms with Crippen molar-refractivity contribution in [3.05, 3.63) is 30.5 Å². The van der Waals surface area contributed by atoms with Crippen molar-refractivity contribution in [3.63, 3.8) is 0 Å². The summed E-state index contributed by atoms with van der Waals surface area (Å²) >= 11 is 0. The van der Waals surface area contributed by atoms with Crippen LogP contribution in [0.5, 0.6) is 0 Å². The molecule has 1 aromatic heterocycles. The van der Waals surface area contributed by atoms with Gasteiger partial charge < -0.3 is 15.2 Å². The van der Waals surface area contributed by atoms with E-state index in [1.54, 1.807) is 0 Å². The lowest BCUT2D eigenvalue weighted by Crippen LogP contribution is -2.25. The third-order valence-electron chi connectivity index (χ3n) is 3.67. The monoisotopic (exact) mass is 315 g/mol. The van der Waals surface area contributed by atoms with E-state index >= 15 is 0 Å². The second kappa shape index (κ2) is 8.36. The summed E-state index contributed by atoms with van der Waals surface area (Å²) in [6, 6.07) is 7.95. The Kier molecular flexibility index (Phi) is 6.20. The van der Waals surface area contributed by atoms with Gasteiger partial charge in [-0.1, -0.05) is 13.8 Å². The molecule has 23 heavy (non-hydrogen) atoms. The Bertz CT molecular complexity index is 676. The van der Waals surface area contributed by atoms with Crippen molar-refractivity contribution in [3.8, 4) is 0 Å². The van der Waals surface area contributed by atoms with Crippen LogP contribution in [0.1, 0.15) is 39.5 Å². The molecule has 0 unspecified atom stereocenters. The minimum Gasteiger partial charge on any atom is -0.356 e. The van der Waals surface area contributed by atoms with Crippen molar-refractivity contribution >= 4 is 28.4 Å². The molecule has 0 aliphatic heterocycles. The first kappa shape index (κ1) is 17.1. The van der Waals surface area contributed by atoms with Crippen molar-refractivity contribution in [2.75, 3.05) is 11.9 Å². The van der Waals surface area contributed by atoms with Gasteiger partial charge in [0.25, 0.3) is 0 Å². The average molecular weight is 315 g/mol. The lowest BCUT2D eigenvalue weighted by atomic mass is 10.2. The number of benzene rings is 1. The molecule has 0 radical (unpaired) electrons. The van der Waals surface area contributed by atoms with E-state index in [1.807, 2.05) is 25.1 Å². The lowest BCUT2D eigenvalue weighted by molar-refractivity contribution is -0.124. The molecule has 0 aliphatic rings. The Morgan fingerprint density at radius 3 is 2.57 bits per heavy atom. The molecule has 2 rings (SSSR count). The summed E-state index contributed by atoms with van der Waals surface area (Å²) < 4.78 is 2.21. The molecule has 0 aliphatic carbocycles. The van der Waals surface area contributed by atoms with E-state index in [9.17, 15) is 9.59 Å². The fourth-order valence-corrected chi connectivity index (χ4v) is 2.52. The number of nitrogens with zero attached hydrogens (tertiary/aromatic N) is 1. The lowest BCUT2D eigenvalue weighted by Gasteiger charge is -2.07. The highest BCUT2D eigenvalue weighted by Gasteiger charge is 2.08. The van der Waals surface area contributed by atoms with Crippen LogP contribution < -0.4 is 10.6 Å². The van der Waals surface area contributed by atoms with E-state index in [2.05, 4.69) is 34.4 Å². The second-order valence-electron chi connectivity index (χ2n) is 5.68. The van der Waals surface area contributed by atoms with Crippen molar-refractivity contribution in [2.24, 2.45) is 0 Å². The molecule has 0 saturated heterocycles. The number of carbonyl (C=O) groups excluding carboxylic acids is 2. The zero-order valence-electron chi connectivity index (χ0n) is 13.9. The predicted octanol–water partition coefficient (Wildman–Crippen LogP) is 3.30. The molecular formula is C18H25N3O2. The van der Waals surface area contributed by atoms with E-state index in [0.717, 1.165) is 30.5 Å². The SMILES string of the molecule is CCCNC(=O)CCC(=O)Nc1ccc2c(ccn2CCC)c1.